The molecular formula is C32H33Cl2N3O4. The predicted octanol–water partition coefficient (Wildman–Crippen LogP) is 6.99. The van der Waals surface area contributed by atoms with Gasteiger partial charge in [0.05, 0.1) is 29.9 Å². The highest BCUT2D eigenvalue weighted by atomic mass is 35.5. The second-order valence-corrected chi connectivity index (χ2v) is 11.0. The van der Waals surface area contributed by atoms with Crippen LogP contribution < -0.4 is 4.74 Å². The van der Waals surface area contributed by atoms with E-state index in [1.54, 1.807) is 32.2 Å². The maximum atomic E-state index is 13.7. The third kappa shape index (κ3) is 6.76. The number of hydrogen-bond donors (Lipinski definition) is 0. The maximum Gasteiger partial charge on any atom is 0.259 e. The number of benzene rings is 3. The molecule has 0 spiro atoms. The van der Waals surface area contributed by atoms with Crippen molar-refractivity contribution in [1.29, 1.82) is 0 Å². The lowest BCUT2D eigenvalue weighted by molar-refractivity contribution is 0.00332. The Hall–Kier alpha value is -3.36. The smallest absolute Gasteiger partial charge is 0.259 e. The molecule has 1 atom stereocenters. The van der Waals surface area contributed by atoms with E-state index in [9.17, 15) is 4.79 Å². The quantitative estimate of drug-likeness (QED) is 0.208. The van der Waals surface area contributed by atoms with Gasteiger partial charge in [-0.15, -0.1) is 0 Å². The van der Waals surface area contributed by atoms with Crippen LogP contribution in [0.15, 0.2) is 71.3 Å². The van der Waals surface area contributed by atoms with Gasteiger partial charge in [-0.1, -0.05) is 76.4 Å². The molecule has 1 amide bonds. The number of methoxy groups -OCH3 is 1. The van der Waals surface area contributed by atoms with E-state index in [-0.39, 0.29) is 12.0 Å². The Morgan fingerprint density at radius 3 is 2.34 bits per heavy atom. The Bertz CT molecular complexity index is 1480. The van der Waals surface area contributed by atoms with E-state index in [0.29, 0.717) is 72.0 Å². The van der Waals surface area contributed by atoms with Gasteiger partial charge in [0.2, 0.25) is 0 Å². The minimum absolute atomic E-state index is 0.144. The van der Waals surface area contributed by atoms with Crippen LogP contribution in [-0.4, -0.2) is 60.7 Å². The van der Waals surface area contributed by atoms with Crippen molar-refractivity contribution in [2.45, 2.75) is 26.6 Å². The molecule has 9 heteroatoms. The van der Waals surface area contributed by atoms with E-state index in [1.165, 1.54) is 5.56 Å². The molecule has 0 bridgehead atoms. The molecular weight excluding hydrogens is 561 g/mol. The van der Waals surface area contributed by atoms with Crippen LogP contribution in [0, 0.1) is 13.8 Å². The molecule has 3 aromatic carbocycles. The first-order valence-electron chi connectivity index (χ1n) is 13.6. The number of halogens is 2. The van der Waals surface area contributed by atoms with Crippen LogP contribution in [0.2, 0.25) is 10.0 Å². The molecule has 1 unspecified atom stereocenters. The summed E-state index contributed by atoms with van der Waals surface area (Å²) < 4.78 is 17.4. The van der Waals surface area contributed by atoms with Crippen molar-refractivity contribution < 1.29 is 18.8 Å². The third-order valence-electron chi connectivity index (χ3n) is 7.40. The summed E-state index contributed by atoms with van der Waals surface area (Å²) in [7, 11) is 1.67. The zero-order valence-electron chi connectivity index (χ0n) is 23.4. The average molecular weight is 595 g/mol. The fourth-order valence-electron chi connectivity index (χ4n) is 5.02. The van der Waals surface area contributed by atoms with Gasteiger partial charge in [-0.25, -0.2) is 0 Å². The lowest BCUT2D eigenvalue weighted by atomic mass is 10.0. The highest BCUT2D eigenvalue weighted by Gasteiger charge is 2.31. The van der Waals surface area contributed by atoms with Crippen molar-refractivity contribution in [3.63, 3.8) is 0 Å². The van der Waals surface area contributed by atoms with Crippen LogP contribution in [0.4, 0.5) is 0 Å². The SMILES string of the molecule is COc1cccc(C(CN2CCN(C(=O)c3c(-c4c(Cl)cccc4Cl)noc3C)CC2)OCc2ccc(C)cc2)c1. The number of nitrogens with zero attached hydrogens (tertiary/aromatic N) is 3. The van der Waals surface area contributed by atoms with E-state index in [4.69, 9.17) is 37.2 Å². The Morgan fingerprint density at radius 1 is 0.976 bits per heavy atom. The molecule has 0 N–H and O–H groups in total. The van der Waals surface area contributed by atoms with E-state index in [1.807, 2.05) is 23.1 Å². The van der Waals surface area contributed by atoms with Gasteiger partial charge in [-0.2, -0.15) is 0 Å². The average Bonchev–Trinajstić information content (AvgIpc) is 3.36. The van der Waals surface area contributed by atoms with Crippen LogP contribution in [0.3, 0.4) is 0 Å². The van der Waals surface area contributed by atoms with Crippen molar-refractivity contribution in [1.82, 2.24) is 15.0 Å². The molecule has 2 heterocycles. The summed E-state index contributed by atoms with van der Waals surface area (Å²) in [4.78, 5) is 17.8. The lowest BCUT2D eigenvalue weighted by Crippen LogP contribution is -2.49. The fourth-order valence-corrected chi connectivity index (χ4v) is 5.60. The van der Waals surface area contributed by atoms with Gasteiger partial charge in [-0.3, -0.25) is 9.69 Å². The number of carbonyl (C=O) groups is 1. The van der Waals surface area contributed by atoms with E-state index < -0.39 is 0 Å². The van der Waals surface area contributed by atoms with E-state index in [2.05, 4.69) is 47.3 Å². The van der Waals surface area contributed by atoms with Crippen molar-refractivity contribution in [2.75, 3.05) is 39.8 Å². The minimum atomic E-state index is -0.164. The summed E-state index contributed by atoms with van der Waals surface area (Å²) in [5.41, 5.74) is 4.65. The van der Waals surface area contributed by atoms with Gasteiger partial charge in [0.25, 0.3) is 5.91 Å². The third-order valence-corrected chi connectivity index (χ3v) is 8.03. The van der Waals surface area contributed by atoms with Crippen LogP contribution in [-0.2, 0) is 11.3 Å². The highest BCUT2D eigenvalue weighted by Crippen LogP contribution is 2.37. The maximum absolute atomic E-state index is 13.7. The Kier molecular flexibility index (Phi) is 9.30. The monoisotopic (exact) mass is 593 g/mol. The number of amides is 1. The standard InChI is InChI=1S/C32H33Cl2N3O4/c1-21-10-12-23(13-11-21)20-40-28(24-6-4-7-25(18-24)39-3)19-36-14-16-37(17-15-36)32(38)29-22(2)41-35-31(29)30-26(33)8-5-9-27(30)34/h4-13,18,28H,14-17,19-20H2,1-3H3. The highest BCUT2D eigenvalue weighted by molar-refractivity contribution is 6.39. The summed E-state index contributed by atoms with van der Waals surface area (Å²) in [6, 6.07) is 21.6. The second-order valence-electron chi connectivity index (χ2n) is 10.2. The summed E-state index contributed by atoms with van der Waals surface area (Å²) in [6.45, 7) is 7.51. The van der Waals surface area contributed by atoms with Crippen molar-refractivity contribution in [3.05, 3.63) is 105 Å². The topological polar surface area (TPSA) is 68.0 Å². The second kappa shape index (κ2) is 13.1. The molecule has 41 heavy (non-hydrogen) atoms. The van der Waals surface area contributed by atoms with Gasteiger partial charge in [0.15, 0.2) is 0 Å². The summed E-state index contributed by atoms with van der Waals surface area (Å²) in [5, 5.41) is 4.98. The van der Waals surface area contributed by atoms with Crippen molar-refractivity contribution in [3.8, 4) is 17.0 Å². The normalized spacial score (nSPS) is 14.7. The molecule has 1 fully saturated rings. The van der Waals surface area contributed by atoms with E-state index in [0.717, 1.165) is 16.9 Å². The molecule has 4 aromatic rings. The molecule has 0 aliphatic carbocycles. The number of rotatable bonds is 9. The summed E-state index contributed by atoms with van der Waals surface area (Å²) in [5.74, 6) is 1.08. The van der Waals surface area contributed by atoms with Crippen molar-refractivity contribution >= 4 is 29.1 Å². The van der Waals surface area contributed by atoms with Gasteiger partial charge < -0.3 is 18.9 Å². The minimum Gasteiger partial charge on any atom is -0.497 e. The van der Waals surface area contributed by atoms with Crippen LogP contribution in [0.5, 0.6) is 5.75 Å². The lowest BCUT2D eigenvalue weighted by Gasteiger charge is -2.36. The number of ether oxygens (including phenoxy) is 2. The molecule has 1 aliphatic rings. The largest absolute Gasteiger partial charge is 0.497 e. The van der Waals surface area contributed by atoms with Gasteiger partial charge in [0.1, 0.15) is 22.8 Å². The number of piperazine rings is 1. The van der Waals surface area contributed by atoms with Crippen LogP contribution in [0.1, 0.15) is 38.9 Å². The first kappa shape index (κ1) is 29.1. The van der Waals surface area contributed by atoms with Gasteiger partial charge in [-0.05, 0) is 49.2 Å². The molecule has 7 nitrogen and oxygen atoms in total. The van der Waals surface area contributed by atoms with Crippen LogP contribution >= 0.6 is 23.2 Å². The summed E-state index contributed by atoms with van der Waals surface area (Å²) >= 11 is 12.9. The number of aromatic nitrogens is 1. The number of carbonyl (C=O) groups excluding carboxylic acids is 1. The summed E-state index contributed by atoms with van der Waals surface area (Å²) in [6.07, 6.45) is -0.164. The first-order valence-corrected chi connectivity index (χ1v) is 14.3. The van der Waals surface area contributed by atoms with Gasteiger partial charge in [0, 0.05) is 38.3 Å². The molecule has 0 saturated carbocycles. The Morgan fingerprint density at radius 2 is 1.66 bits per heavy atom. The zero-order valence-corrected chi connectivity index (χ0v) is 24.9. The first-order chi connectivity index (χ1) is 19.8. The van der Waals surface area contributed by atoms with E-state index >= 15 is 0 Å². The fraction of sp³-hybridized carbons (Fsp3) is 0.312. The number of hydrogen-bond acceptors (Lipinski definition) is 6. The molecule has 0 radical (unpaired) electrons. The molecule has 1 saturated heterocycles. The molecule has 5 rings (SSSR count). The van der Waals surface area contributed by atoms with Gasteiger partial charge >= 0.3 is 0 Å². The van der Waals surface area contributed by atoms with Crippen LogP contribution in [0.25, 0.3) is 11.3 Å². The molecule has 214 valence electrons. The Balaban J connectivity index is 1.28. The number of aryl methyl sites for hydroxylation is 2. The zero-order chi connectivity index (χ0) is 28.9. The predicted molar refractivity (Wildman–Crippen MR) is 161 cm³/mol. The molecule has 1 aromatic heterocycles. The Labute approximate surface area is 250 Å². The van der Waals surface area contributed by atoms with Crippen molar-refractivity contribution in [2.24, 2.45) is 0 Å². The molecule has 1 aliphatic heterocycles.